The van der Waals surface area contributed by atoms with Crippen molar-refractivity contribution in [3.63, 3.8) is 0 Å². The Morgan fingerprint density at radius 3 is 2.27 bits per heavy atom. The van der Waals surface area contributed by atoms with Crippen LogP contribution >= 0.6 is 11.5 Å². The highest BCUT2D eigenvalue weighted by Crippen LogP contribution is 2.21. The monoisotopic (exact) mass is 367 g/mol. The van der Waals surface area contributed by atoms with Crippen LogP contribution in [0, 0.1) is 0 Å². The summed E-state index contributed by atoms with van der Waals surface area (Å²) >= 11 is 0.987. The van der Waals surface area contributed by atoms with Crippen molar-refractivity contribution in [2.75, 3.05) is 7.11 Å². The van der Waals surface area contributed by atoms with Gasteiger partial charge in [0, 0.05) is 18.1 Å². The van der Waals surface area contributed by atoms with Gasteiger partial charge in [-0.05, 0) is 5.56 Å². The zero-order valence-electron chi connectivity index (χ0n) is 14.1. The highest BCUT2D eigenvalue weighted by molar-refractivity contribution is 7.09. The average Bonchev–Trinajstić information content (AvgIpc) is 3.07. The lowest BCUT2D eigenvalue weighted by Crippen LogP contribution is -2.28. The maximum Gasteiger partial charge on any atom is 0.330 e. The van der Waals surface area contributed by atoms with Gasteiger partial charge in [-0.25, -0.2) is 8.75 Å². The summed E-state index contributed by atoms with van der Waals surface area (Å²) < 4.78 is 6.19. The molecule has 0 bridgehead atoms. The van der Waals surface area contributed by atoms with Crippen molar-refractivity contribution in [2.45, 2.75) is 12.5 Å². The predicted molar refractivity (Wildman–Crippen MR) is 99.7 cm³/mol. The van der Waals surface area contributed by atoms with E-state index in [1.54, 1.807) is 24.3 Å². The first-order valence-corrected chi connectivity index (χ1v) is 8.82. The number of esters is 1. The number of hydrogen-bond acceptors (Lipinski definition) is 5. The van der Waals surface area contributed by atoms with E-state index in [1.165, 1.54) is 17.1 Å². The second-order valence-corrected chi connectivity index (χ2v) is 6.70. The van der Waals surface area contributed by atoms with Gasteiger partial charge in [0.1, 0.15) is 6.04 Å². The molecule has 2 aromatic carbocycles. The molecule has 0 radical (unpaired) electrons. The summed E-state index contributed by atoms with van der Waals surface area (Å²) in [5, 5.41) is 0. The number of aromatic nitrogens is 1. The molecule has 0 aliphatic heterocycles. The predicted octanol–water partition coefficient (Wildman–Crippen LogP) is 3.10. The van der Waals surface area contributed by atoms with Crippen molar-refractivity contribution in [2.24, 2.45) is 0 Å². The van der Waals surface area contributed by atoms with Gasteiger partial charge in [-0.15, -0.1) is 0 Å². The molecule has 0 amide bonds. The number of nitrogens with zero attached hydrogens (tertiary/aromatic N) is 1. The molecular formula is C20H17NO4S. The van der Waals surface area contributed by atoms with Gasteiger partial charge in [0.25, 0.3) is 5.56 Å². The normalized spacial score (nSPS) is 11.7. The summed E-state index contributed by atoms with van der Waals surface area (Å²) in [5.74, 6) is -0.758. The van der Waals surface area contributed by atoms with Crippen LogP contribution in [0.1, 0.15) is 26.8 Å². The summed E-state index contributed by atoms with van der Waals surface area (Å²) in [7, 11) is 1.29. The topological polar surface area (TPSA) is 65.4 Å². The summed E-state index contributed by atoms with van der Waals surface area (Å²) in [5.41, 5.74) is 1.01. The largest absolute Gasteiger partial charge is 0.467 e. The number of ketones is 1. The molecule has 0 N–H and O–H groups in total. The lowest BCUT2D eigenvalue weighted by molar-refractivity contribution is -0.144. The molecule has 1 atom stereocenters. The molecule has 0 spiro atoms. The Hall–Kier alpha value is -2.99. The van der Waals surface area contributed by atoms with E-state index in [0.29, 0.717) is 16.9 Å². The zero-order chi connectivity index (χ0) is 18.5. The number of rotatable bonds is 6. The van der Waals surface area contributed by atoms with Crippen molar-refractivity contribution < 1.29 is 14.3 Å². The van der Waals surface area contributed by atoms with Gasteiger partial charge in [-0.1, -0.05) is 72.2 Å². The fraction of sp³-hybridized carbons (Fsp3) is 0.150. The number of hydrogen-bond donors (Lipinski definition) is 0. The van der Waals surface area contributed by atoms with Gasteiger partial charge in [0.15, 0.2) is 0 Å². The molecule has 6 heteroatoms. The Morgan fingerprint density at radius 1 is 1.04 bits per heavy atom. The molecule has 1 unspecified atom stereocenters. The number of ether oxygens (including phenoxy) is 1. The Labute approximate surface area is 154 Å². The van der Waals surface area contributed by atoms with Crippen LogP contribution in [0.5, 0.6) is 0 Å². The van der Waals surface area contributed by atoms with E-state index in [2.05, 4.69) is 0 Å². The SMILES string of the molecule is COC(=O)C(Cc1ccccc1)n1sc(C(=O)c2ccccc2)cc1=O. The number of carbonyl (C=O) groups is 2. The Kier molecular flexibility index (Phi) is 5.43. The van der Waals surface area contributed by atoms with Crippen molar-refractivity contribution in [3.05, 3.63) is 93.1 Å². The molecular weight excluding hydrogens is 350 g/mol. The third-order valence-electron chi connectivity index (χ3n) is 3.96. The summed E-state index contributed by atoms with van der Waals surface area (Å²) in [4.78, 5) is 37.6. The lowest BCUT2D eigenvalue weighted by atomic mass is 10.1. The Bertz CT molecular complexity index is 960. The van der Waals surface area contributed by atoms with Gasteiger partial charge in [-0.2, -0.15) is 0 Å². The van der Waals surface area contributed by atoms with Gasteiger partial charge in [-0.3, -0.25) is 9.59 Å². The standard InChI is InChI=1S/C20H17NO4S/c1-25-20(24)16(12-14-8-4-2-5-9-14)21-18(22)13-17(26-21)19(23)15-10-6-3-7-11-15/h2-11,13,16H,12H2,1H3. The third kappa shape index (κ3) is 3.81. The van der Waals surface area contributed by atoms with E-state index < -0.39 is 12.0 Å². The van der Waals surface area contributed by atoms with Crippen molar-refractivity contribution >= 4 is 23.3 Å². The van der Waals surface area contributed by atoms with Crippen LogP contribution in [0.2, 0.25) is 0 Å². The Morgan fingerprint density at radius 2 is 1.65 bits per heavy atom. The van der Waals surface area contributed by atoms with Crippen LogP contribution in [0.15, 0.2) is 71.5 Å². The molecule has 3 aromatic rings. The molecule has 0 aliphatic carbocycles. The number of benzene rings is 2. The maximum atomic E-state index is 12.6. The van der Waals surface area contributed by atoms with Crippen LogP contribution in [0.3, 0.4) is 0 Å². The van der Waals surface area contributed by atoms with Gasteiger partial charge >= 0.3 is 5.97 Å². The molecule has 1 heterocycles. The minimum Gasteiger partial charge on any atom is -0.467 e. The molecule has 0 fully saturated rings. The molecule has 0 aliphatic rings. The molecule has 0 saturated heterocycles. The minimum absolute atomic E-state index is 0.241. The van der Waals surface area contributed by atoms with Crippen molar-refractivity contribution in [1.29, 1.82) is 0 Å². The second kappa shape index (κ2) is 7.93. The summed E-state index contributed by atoms with van der Waals surface area (Å²) in [6, 6.07) is 18.6. The van der Waals surface area contributed by atoms with E-state index in [9.17, 15) is 14.4 Å². The first-order valence-electron chi connectivity index (χ1n) is 8.04. The van der Waals surface area contributed by atoms with Crippen LogP contribution in [0.4, 0.5) is 0 Å². The van der Waals surface area contributed by atoms with E-state index in [-0.39, 0.29) is 11.3 Å². The molecule has 3 rings (SSSR count). The number of methoxy groups -OCH3 is 1. The highest BCUT2D eigenvalue weighted by atomic mass is 32.1. The molecule has 0 saturated carbocycles. The van der Waals surface area contributed by atoms with Crippen molar-refractivity contribution in [1.82, 2.24) is 3.96 Å². The fourth-order valence-electron chi connectivity index (χ4n) is 2.64. The van der Waals surface area contributed by atoms with E-state index in [4.69, 9.17) is 4.74 Å². The maximum absolute atomic E-state index is 12.6. The number of carbonyl (C=O) groups excluding carboxylic acids is 2. The molecule has 132 valence electrons. The molecule has 1 aromatic heterocycles. The summed E-state index contributed by atoms with van der Waals surface area (Å²) in [6.45, 7) is 0. The van der Waals surface area contributed by atoms with E-state index in [1.807, 2.05) is 36.4 Å². The first kappa shape index (κ1) is 17.8. The zero-order valence-corrected chi connectivity index (χ0v) is 14.9. The van der Waals surface area contributed by atoms with Crippen LogP contribution in [0.25, 0.3) is 0 Å². The minimum atomic E-state index is -0.808. The van der Waals surface area contributed by atoms with Crippen LogP contribution in [-0.2, 0) is 16.0 Å². The molecule has 26 heavy (non-hydrogen) atoms. The van der Waals surface area contributed by atoms with Crippen LogP contribution < -0.4 is 5.56 Å². The quantitative estimate of drug-likeness (QED) is 0.496. The van der Waals surface area contributed by atoms with Crippen molar-refractivity contribution in [3.8, 4) is 0 Å². The first-order chi connectivity index (χ1) is 12.6. The van der Waals surface area contributed by atoms with E-state index >= 15 is 0 Å². The summed E-state index contributed by atoms with van der Waals surface area (Å²) in [6.07, 6.45) is 0.312. The molecule has 5 nitrogen and oxygen atoms in total. The Balaban J connectivity index is 1.95. The highest BCUT2D eigenvalue weighted by Gasteiger charge is 2.26. The van der Waals surface area contributed by atoms with Gasteiger partial charge in [0.2, 0.25) is 5.78 Å². The average molecular weight is 367 g/mol. The fourth-order valence-corrected chi connectivity index (χ4v) is 3.64. The van der Waals surface area contributed by atoms with Gasteiger partial charge < -0.3 is 4.74 Å². The van der Waals surface area contributed by atoms with E-state index in [0.717, 1.165) is 17.1 Å². The third-order valence-corrected chi connectivity index (χ3v) is 5.09. The smallest absolute Gasteiger partial charge is 0.330 e. The lowest BCUT2D eigenvalue weighted by Gasteiger charge is -2.14. The second-order valence-electron chi connectivity index (χ2n) is 5.69. The van der Waals surface area contributed by atoms with Crippen LogP contribution in [-0.4, -0.2) is 22.8 Å². The van der Waals surface area contributed by atoms with Gasteiger partial charge in [0.05, 0.1) is 12.0 Å².